The molecule has 1 N–H and O–H groups in total. The van der Waals surface area contributed by atoms with Crippen LogP contribution in [0.25, 0.3) is 130 Å². The standard InChI is InChI=1S/C52H31NO3/c1-55-29-5-3-2-4-26(29)51-52-17-25-15-23-13-20-10-19-11-22-12-21-14-24-16-27(28(52)18-53(51)6-8-56-9-7-54)37-42-33(24)32(21)39-34(22)38-30(19)31(20)40-35(23)41-36(25)50(52)49(37)48-46(41)44(40)43(38)45(39)47(42)48/h2-5,10-13,15,28,51,54H,6-9,14,16-18H2,1H3. The van der Waals surface area contributed by atoms with Gasteiger partial charge in [0.05, 0.1) is 26.9 Å². The molecule has 4 heteroatoms. The highest BCUT2D eigenvalue weighted by molar-refractivity contribution is 6.63. The van der Waals surface area contributed by atoms with Crippen LogP contribution in [0.3, 0.4) is 0 Å². The number of ether oxygens (including phenoxy) is 2. The molecule has 0 saturated carbocycles. The molecular formula is C52H31NO3. The lowest BCUT2D eigenvalue weighted by Gasteiger charge is -2.43. The van der Waals surface area contributed by atoms with Gasteiger partial charge < -0.3 is 14.6 Å². The molecule has 13 aromatic carbocycles. The lowest BCUT2D eigenvalue weighted by Crippen LogP contribution is -2.44. The van der Waals surface area contributed by atoms with Crippen molar-refractivity contribution in [3.63, 3.8) is 0 Å². The van der Waals surface area contributed by atoms with Crippen molar-refractivity contribution in [3.8, 4) is 5.75 Å². The normalized spacial score (nSPS) is 23.2. The summed E-state index contributed by atoms with van der Waals surface area (Å²) in [5.74, 6) is 1.35. The monoisotopic (exact) mass is 717 g/mol. The van der Waals surface area contributed by atoms with Crippen LogP contribution in [0.5, 0.6) is 5.75 Å². The van der Waals surface area contributed by atoms with E-state index >= 15 is 0 Å². The molecule has 0 bridgehead atoms. The molecule has 13 aromatic rings. The van der Waals surface area contributed by atoms with Gasteiger partial charge >= 0.3 is 0 Å². The van der Waals surface area contributed by atoms with E-state index in [9.17, 15) is 5.11 Å². The zero-order chi connectivity index (χ0) is 35.6. The summed E-state index contributed by atoms with van der Waals surface area (Å²) < 4.78 is 12.4. The van der Waals surface area contributed by atoms with Crippen molar-refractivity contribution in [1.82, 2.24) is 4.90 Å². The minimum Gasteiger partial charge on any atom is -0.496 e. The fourth-order valence-electron chi connectivity index (χ4n) is 16.0. The molecule has 0 amide bonds. The summed E-state index contributed by atoms with van der Waals surface area (Å²) in [6, 6.07) is 22.0. The number of methoxy groups -OCH3 is 1. The van der Waals surface area contributed by atoms with E-state index in [1.54, 1.807) is 119 Å². The van der Waals surface area contributed by atoms with Gasteiger partial charge in [-0.25, -0.2) is 0 Å². The van der Waals surface area contributed by atoms with Crippen LogP contribution in [0.4, 0.5) is 0 Å². The van der Waals surface area contributed by atoms with Crippen LogP contribution in [0, 0.1) is 5.92 Å². The van der Waals surface area contributed by atoms with Crippen LogP contribution in [-0.4, -0.2) is 50.0 Å². The van der Waals surface area contributed by atoms with Gasteiger partial charge in [-0.1, -0.05) is 41.5 Å². The smallest absolute Gasteiger partial charge is 0.123 e. The average Bonchev–Trinajstić information content (AvgIpc) is 4.07. The Kier molecular flexibility index (Phi) is 3.82. The van der Waals surface area contributed by atoms with E-state index < -0.39 is 0 Å². The molecule has 5 aliphatic rings. The second-order valence-corrected chi connectivity index (χ2v) is 18.7. The highest BCUT2D eigenvalue weighted by Gasteiger charge is 2.63. The van der Waals surface area contributed by atoms with Crippen LogP contribution in [0.2, 0.25) is 0 Å². The quantitative estimate of drug-likeness (QED) is 0.132. The fraction of sp³-hybridized carbons (Fsp3) is 0.231. The predicted octanol–water partition coefficient (Wildman–Crippen LogP) is 9.07. The topological polar surface area (TPSA) is 41.9 Å². The average molecular weight is 718 g/mol. The molecule has 4 nitrogen and oxygen atoms in total. The summed E-state index contributed by atoms with van der Waals surface area (Å²) in [7, 11) is 1.85. The third-order valence-corrected chi connectivity index (χ3v) is 17.1. The maximum atomic E-state index is 9.66. The number of aliphatic hydroxyl groups excluding tert-OH is 1. The SMILES string of the molecule is COc1ccccc1C1N(CCOCCO)CC2C3=c4c5c6c7c(cc8cc9cc%10cc%11cc%12c%13c(c4c4c5c5c7c8c7c9c%10c8c%11c%13c4c8c75)=C(C3)C%12)CC621. The minimum atomic E-state index is -0.148. The van der Waals surface area contributed by atoms with Crippen LogP contribution < -0.4 is 15.2 Å². The van der Waals surface area contributed by atoms with E-state index in [4.69, 9.17) is 9.47 Å². The van der Waals surface area contributed by atoms with Crippen molar-refractivity contribution in [2.75, 3.05) is 40.0 Å². The largest absolute Gasteiger partial charge is 0.496 e. The summed E-state index contributed by atoms with van der Waals surface area (Å²) >= 11 is 0. The van der Waals surface area contributed by atoms with E-state index in [-0.39, 0.29) is 18.1 Å². The van der Waals surface area contributed by atoms with Gasteiger partial charge in [0.25, 0.3) is 0 Å². The first-order valence-corrected chi connectivity index (χ1v) is 20.8. The van der Waals surface area contributed by atoms with Crippen LogP contribution >= 0.6 is 0 Å². The number of likely N-dealkylation sites (tertiary alicyclic amines) is 1. The molecule has 1 saturated heterocycles. The van der Waals surface area contributed by atoms with E-state index in [2.05, 4.69) is 59.5 Å². The first-order valence-electron chi connectivity index (χ1n) is 20.8. The predicted molar refractivity (Wildman–Crippen MR) is 228 cm³/mol. The third kappa shape index (κ3) is 2.25. The van der Waals surface area contributed by atoms with E-state index in [0.29, 0.717) is 19.1 Å². The van der Waals surface area contributed by atoms with E-state index in [1.807, 2.05) is 7.11 Å². The van der Waals surface area contributed by atoms with Crippen molar-refractivity contribution < 1.29 is 14.6 Å². The number of nitrogens with zero attached hydrogens (tertiary/aromatic N) is 1. The first kappa shape index (κ1) is 27.1. The Labute approximate surface area is 317 Å². The van der Waals surface area contributed by atoms with Crippen molar-refractivity contribution in [2.24, 2.45) is 5.92 Å². The number of para-hydroxylation sites is 1. The van der Waals surface area contributed by atoms with Gasteiger partial charge in [0.15, 0.2) is 0 Å². The van der Waals surface area contributed by atoms with Gasteiger partial charge in [-0.15, -0.1) is 0 Å². The maximum Gasteiger partial charge on any atom is 0.123 e. The summed E-state index contributed by atoms with van der Waals surface area (Å²) in [4.78, 5) is 2.77. The molecule has 1 spiro atoms. The lowest BCUT2D eigenvalue weighted by molar-refractivity contribution is 0.0667. The second kappa shape index (κ2) is 7.88. The van der Waals surface area contributed by atoms with E-state index in [1.165, 1.54) is 43.3 Å². The number of benzene rings is 9. The zero-order valence-corrected chi connectivity index (χ0v) is 30.7. The Bertz CT molecular complexity index is 4100. The minimum absolute atomic E-state index is 0.0519. The third-order valence-electron chi connectivity index (χ3n) is 17.1. The van der Waals surface area contributed by atoms with Crippen molar-refractivity contribution in [1.29, 1.82) is 0 Å². The number of hydrogen-bond donors (Lipinski definition) is 1. The Morgan fingerprint density at radius 1 is 0.643 bits per heavy atom. The molecule has 0 aromatic heterocycles. The van der Waals surface area contributed by atoms with Gasteiger partial charge in [0, 0.05) is 36.0 Å². The molecule has 262 valence electrons. The summed E-state index contributed by atoms with van der Waals surface area (Å²) in [5.41, 5.74) is 9.30. The van der Waals surface area contributed by atoms with Gasteiger partial charge in [0.1, 0.15) is 5.75 Å². The highest BCUT2D eigenvalue weighted by atomic mass is 16.5. The molecule has 1 fully saturated rings. The number of fused-ring (bicyclic) bond motifs is 1. The number of rotatable bonds is 7. The summed E-state index contributed by atoms with van der Waals surface area (Å²) in [5, 5.41) is 47.0. The first-order chi connectivity index (χ1) is 27.7. The van der Waals surface area contributed by atoms with E-state index in [0.717, 1.165) is 38.1 Å². The molecule has 4 aliphatic carbocycles. The fourth-order valence-corrected chi connectivity index (χ4v) is 16.0. The van der Waals surface area contributed by atoms with Gasteiger partial charge in [-0.05, 0) is 189 Å². The Hall–Kier alpha value is -5.52. The van der Waals surface area contributed by atoms with Gasteiger partial charge in [-0.2, -0.15) is 0 Å². The molecule has 56 heavy (non-hydrogen) atoms. The van der Waals surface area contributed by atoms with Crippen molar-refractivity contribution in [2.45, 2.75) is 30.7 Å². The van der Waals surface area contributed by atoms with Crippen molar-refractivity contribution in [3.05, 3.63) is 87.3 Å². The number of hydrogen-bond acceptors (Lipinski definition) is 4. The van der Waals surface area contributed by atoms with Gasteiger partial charge in [0.2, 0.25) is 0 Å². The lowest BCUT2D eigenvalue weighted by atomic mass is 9.60. The molecule has 1 aliphatic heterocycles. The van der Waals surface area contributed by atoms with Crippen molar-refractivity contribution >= 4 is 130 Å². The zero-order valence-electron chi connectivity index (χ0n) is 30.7. The molecule has 18 rings (SSSR count). The molecule has 1 heterocycles. The maximum absolute atomic E-state index is 9.66. The molecular weight excluding hydrogens is 687 g/mol. The molecule has 3 atom stereocenters. The summed E-state index contributed by atoms with van der Waals surface area (Å²) in [6.45, 7) is 2.85. The second-order valence-electron chi connectivity index (χ2n) is 18.7. The summed E-state index contributed by atoms with van der Waals surface area (Å²) in [6.07, 6.45) is 3.18. The number of aliphatic hydroxyl groups is 1. The highest BCUT2D eigenvalue weighted by Crippen LogP contribution is 2.70. The molecule has 3 unspecified atom stereocenters. The van der Waals surface area contributed by atoms with Crippen LogP contribution in [0.15, 0.2) is 54.6 Å². The molecule has 0 radical (unpaired) electrons. The Balaban J connectivity index is 1.15. The van der Waals surface area contributed by atoms with Crippen LogP contribution in [0.1, 0.15) is 34.7 Å². The Morgan fingerprint density at radius 2 is 1.27 bits per heavy atom. The van der Waals surface area contributed by atoms with Gasteiger partial charge in [-0.3, -0.25) is 4.90 Å². The Morgan fingerprint density at radius 3 is 2.02 bits per heavy atom. The van der Waals surface area contributed by atoms with Crippen LogP contribution in [-0.2, 0) is 23.0 Å².